The number of anilines is 1. The fourth-order valence-corrected chi connectivity index (χ4v) is 4.32. The van der Waals surface area contributed by atoms with Gasteiger partial charge in [0.1, 0.15) is 5.92 Å². The average molecular weight is 383 g/mol. The van der Waals surface area contributed by atoms with Crippen LogP contribution in [0.3, 0.4) is 0 Å². The van der Waals surface area contributed by atoms with Crippen molar-refractivity contribution in [3.05, 3.63) is 41.1 Å². The largest absolute Gasteiger partial charge is 0.465 e. The zero-order chi connectivity index (χ0) is 20.6. The Labute approximate surface area is 167 Å². The molecule has 1 heterocycles. The van der Waals surface area contributed by atoms with Crippen molar-refractivity contribution in [3.8, 4) is 0 Å². The molecule has 1 aromatic rings. The average Bonchev–Trinajstić information content (AvgIpc) is 2.59. The van der Waals surface area contributed by atoms with Crippen molar-refractivity contribution in [1.29, 1.82) is 0 Å². The Bertz CT molecular complexity index is 847. The lowest BCUT2D eigenvalue weighted by Gasteiger charge is -2.39. The Balaban J connectivity index is 2.14. The van der Waals surface area contributed by atoms with Crippen LogP contribution in [0.15, 0.2) is 40.5 Å². The second kappa shape index (κ2) is 7.53. The standard InChI is InChI=1S/C23H30N2O3/c1-7-28-22(27)19-14(2)24-17-12-23(3,4)13-18(26)21(17)20(19)15-8-10-16(11-9-15)25(5)6/h8-11,19-20H,7,12-13H2,1-6H3/t19?,20-/m0/s1. The molecule has 5 heteroatoms. The van der Waals surface area contributed by atoms with Crippen LogP contribution in [-0.4, -0.2) is 38.2 Å². The summed E-state index contributed by atoms with van der Waals surface area (Å²) in [5.74, 6) is -1.12. The molecule has 28 heavy (non-hydrogen) atoms. The Hall–Kier alpha value is -2.43. The topological polar surface area (TPSA) is 59.0 Å². The number of nitrogens with zero attached hydrogens (tertiary/aromatic N) is 2. The minimum absolute atomic E-state index is 0.0958. The molecule has 0 saturated heterocycles. The van der Waals surface area contributed by atoms with Crippen LogP contribution in [0, 0.1) is 11.3 Å². The monoisotopic (exact) mass is 382 g/mol. The van der Waals surface area contributed by atoms with Crippen LogP contribution in [0.25, 0.3) is 0 Å². The fourth-order valence-electron chi connectivity index (χ4n) is 4.32. The molecule has 5 nitrogen and oxygen atoms in total. The van der Waals surface area contributed by atoms with E-state index < -0.39 is 5.92 Å². The maximum Gasteiger partial charge on any atom is 0.315 e. The lowest BCUT2D eigenvalue weighted by molar-refractivity contribution is -0.146. The van der Waals surface area contributed by atoms with Gasteiger partial charge in [-0.25, -0.2) is 0 Å². The molecule has 3 rings (SSSR count). The predicted molar refractivity (Wildman–Crippen MR) is 112 cm³/mol. The van der Waals surface area contributed by atoms with Gasteiger partial charge in [-0.2, -0.15) is 0 Å². The Morgan fingerprint density at radius 1 is 1.21 bits per heavy atom. The molecule has 150 valence electrons. The van der Waals surface area contributed by atoms with Gasteiger partial charge < -0.3 is 9.64 Å². The van der Waals surface area contributed by atoms with E-state index in [1.807, 2.05) is 50.2 Å². The Morgan fingerprint density at radius 3 is 2.43 bits per heavy atom. The second-order valence-corrected chi connectivity index (χ2v) is 8.75. The number of ether oxygens (including phenoxy) is 1. The number of hydrogen-bond acceptors (Lipinski definition) is 5. The maximum atomic E-state index is 13.1. The van der Waals surface area contributed by atoms with E-state index in [0.717, 1.165) is 29.1 Å². The summed E-state index contributed by atoms with van der Waals surface area (Å²) in [7, 11) is 3.97. The fraction of sp³-hybridized carbons (Fsp3) is 0.522. The van der Waals surface area contributed by atoms with Crippen molar-refractivity contribution < 1.29 is 14.3 Å². The number of hydrogen-bond donors (Lipinski definition) is 0. The first-order valence-corrected chi connectivity index (χ1v) is 9.90. The smallest absolute Gasteiger partial charge is 0.315 e. The normalized spacial score (nSPS) is 23.8. The molecule has 0 amide bonds. The van der Waals surface area contributed by atoms with Crippen molar-refractivity contribution >= 4 is 23.2 Å². The first kappa shape index (κ1) is 20.3. The minimum Gasteiger partial charge on any atom is -0.465 e. The second-order valence-electron chi connectivity index (χ2n) is 8.75. The molecule has 1 aromatic carbocycles. The van der Waals surface area contributed by atoms with Crippen LogP contribution in [0.4, 0.5) is 5.69 Å². The number of benzene rings is 1. The number of allylic oxidation sites excluding steroid dienone is 2. The van der Waals surface area contributed by atoms with Crippen molar-refractivity contribution in [2.24, 2.45) is 16.3 Å². The number of aliphatic imine (C=N–C) groups is 1. The third kappa shape index (κ3) is 3.75. The number of rotatable bonds is 4. The summed E-state index contributed by atoms with van der Waals surface area (Å²) in [6.07, 6.45) is 1.22. The molecule has 1 unspecified atom stereocenters. The van der Waals surface area contributed by atoms with E-state index in [-0.39, 0.29) is 23.1 Å². The van der Waals surface area contributed by atoms with E-state index in [2.05, 4.69) is 13.8 Å². The molecule has 1 aliphatic heterocycles. The molecular weight excluding hydrogens is 352 g/mol. The van der Waals surface area contributed by atoms with Gasteiger partial charge in [0.2, 0.25) is 0 Å². The van der Waals surface area contributed by atoms with Crippen LogP contribution >= 0.6 is 0 Å². The molecule has 0 aromatic heterocycles. The van der Waals surface area contributed by atoms with Gasteiger partial charge in [0, 0.05) is 49.1 Å². The number of Topliss-reactive ketones (excluding diaryl/α,β-unsaturated/α-hetero) is 1. The summed E-state index contributed by atoms with van der Waals surface area (Å²) >= 11 is 0. The van der Waals surface area contributed by atoms with Gasteiger partial charge in [-0.3, -0.25) is 14.6 Å². The van der Waals surface area contributed by atoms with Gasteiger partial charge in [0.25, 0.3) is 0 Å². The molecular formula is C23H30N2O3. The quantitative estimate of drug-likeness (QED) is 0.735. The van der Waals surface area contributed by atoms with E-state index in [4.69, 9.17) is 9.73 Å². The van der Waals surface area contributed by atoms with Crippen LogP contribution in [0.1, 0.15) is 52.0 Å². The van der Waals surface area contributed by atoms with Gasteiger partial charge in [-0.05, 0) is 43.4 Å². The summed E-state index contributed by atoms with van der Waals surface area (Å²) in [5, 5.41) is 0. The summed E-state index contributed by atoms with van der Waals surface area (Å²) in [5.41, 5.74) is 4.17. The summed E-state index contributed by atoms with van der Waals surface area (Å²) < 4.78 is 5.36. The predicted octanol–water partition coefficient (Wildman–Crippen LogP) is 4.13. The molecule has 0 fully saturated rings. The van der Waals surface area contributed by atoms with E-state index in [1.54, 1.807) is 6.92 Å². The van der Waals surface area contributed by atoms with Gasteiger partial charge >= 0.3 is 5.97 Å². The highest BCUT2D eigenvalue weighted by atomic mass is 16.5. The van der Waals surface area contributed by atoms with Crippen LogP contribution in [0.5, 0.6) is 0 Å². The van der Waals surface area contributed by atoms with Gasteiger partial charge in [0.05, 0.1) is 6.61 Å². The third-order valence-electron chi connectivity index (χ3n) is 5.61. The van der Waals surface area contributed by atoms with Crippen molar-refractivity contribution in [2.45, 2.75) is 46.5 Å². The Morgan fingerprint density at radius 2 is 1.86 bits per heavy atom. The molecule has 0 radical (unpaired) electrons. The molecule has 0 bridgehead atoms. The lowest BCUT2D eigenvalue weighted by Crippen LogP contribution is -2.39. The SMILES string of the molecule is CCOC(=O)C1C(C)=NC2=C(C(=O)CC(C)(C)C2)[C@H]1c1ccc(N(C)C)cc1. The van der Waals surface area contributed by atoms with E-state index in [0.29, 0.717) is 18.6 Å². The molecule has 0 saturated carbocycles. The minimum atomic E-state index is -0.561. The van der Waals surface area contributed by atoms with Gasteiger partial charge in [-0.1, -0.05) is 26.0 Å². The van der Waals surface area contributed by atoms with Crippen molar-refractivity contribution in [1.82, 2.24) is 0 Å². The van der Waals surface area contributed by atoms with E-state index in [9.17, 15) is 9.59 Å². The molecule has 2 atom stereocenters. The molecule has 0 N–H and O–H groups in total. The zero-order valence-corrected chi connectivity index (χ0v) is 17.7. The highest BCUT2D eigenvalue weighted by Gasteiger charge is 2.45. The summed E-state index contributed by atoms with van der Waals surface area (Å²) in [6, 6.07) is 8.08. The van der Waals surface area contributed by atoms with Crippen LogP contribution < -0.4 is 4.90 Å². The zero-order valence-electron chi connectivity index (χ0n) is 17.7. The van der Waals surface area contributed by atoms with Crippen molar-refractivity contribution in [3.63, 3.8) is 0 Å². The molecule has 1 aliphatic carbocycles. The molecule has 2 aliphatic rings. The van der Waals surface area contributed by atoms with Gasteiger partial charge in [0.15, 0.2) is 5.78 Å². The number of carbonyl (C=O) groups is 2. The highest BCUT2D eigenvalue weighted by Crippen LogP contribution is 2.48. The first-order chi connectivity index (χ1) is 13.1. The third-order valence-corrected chi connectivity index (χ3v) is 5.61. The lowest BCUT2D eigenvalue weighted by atomic mass is 9.67. The Kier molecular flexibility index (Phi) is 5.46. The van der Waals surface area contributed by atoms with E-state index in [1.165, 1.54) is 0 Å². The summed E-state index contributed by atoms with van der Waals surface area (Å²) in [6.45, 7) is 8.17. The van der Waals surface area contributed by atoms with Crippen LogP contribution in [-0.2, 0) is 14.3 Å². The van der Waals surface area contributed by atoms with Crippen molar-refractivity contribution in [2.75, 3.05) is 25.6 Å². The maximum absolute atomic E-state index is 13.1. The van der Waals surface area contributed by atoms with Gasteiger partial charge in [-0.15, -0.1) is 0 Å². The highest BCUT2D eigenvalue weighted by molar-refractivity contribution is 6.09. The number of carbonyl (C=O) groups excluding carboxylic acids is 2. The van der Waals surface area contributed by atoms with Crippen LogP contribution in [0.2, 0.25) is 0 Å². The number of ketones is 1. The molecule has 0 spiro atoms. The number of esters is 1. The van der Waals surface area contributed by atoms with E-state index >= 15 is 0 Å². The first-order valence-electron chi connectivity index (χ1n) is 9.90. The summed E-state index contributed by atoms with van der Waals surface area (Å²) in [4.78, 5) is 32.7.